The van der Waals surface area contributed by atoms with Gasteiger partial charge < -0.3 is 4.90 Å². The van der Waals surface area contributed by atoms with Crippen molar-refractivity contribution in [2.45, 2.75) is 44.9 Å². The van der Waals surface area contributed by atoms with E-state index in [1.54, 1.807) is 11.3 Å². The number of amides is 1. The van der Waals surface area contributed by atoms with E-state index < -0.39 is 0 Å². The fourth-order valence-corrected chi connectivity index (χ4v) is 3.05. The summed E-state index contributed by atoms with van der Waals surface area (Å²) >= 11 is 1.75. The van der Waals surface area contributed by atoms with E-state index in [1.807, 2.05) is 0 Å². The first kappa shape index (κ1) is 12.6. The van der Waals surface area contributed by atoms with Crippen molar-refractivity contribution in [3.63, 3.8) is 0 Å². The molecule has 1 fully saturated rings. The third-order valence-electron chi connectivity index (χ3n) is 3.37. The minimum Gasteiger partial charge on any atom is -0.343 e. The number of thiophene rings is 1. The third-order valence-corrected chi connectivity index (χ3v) is 4.31. The minimum atomic E-state index is 0.348. The molecule has 0 spiro atoms. The van der Waals surface area contributed by atoms with Crippen molar-refractivity contribution in [3.8, 4) is 0 Å². The van der Waals surface area contributed by atoms with Crippen molar-refractivity contribution < 1.29 is 4.79 Å². The van der Waals surface area contributed by atoms with E-state index >= 15 is 0 Å². The lowest BCUT2D eigenvalue weighted by Crippen LogP contribution is -2.33. The van der Waals surface area contributed by atoms with Gasteiger partial charge >= 0.3 is 0 Å². The Hall–Kier alpha value is -0.830. The van der Waals surface area contributed by atoms with Crippen LogP contribution in [0, 0.1) is 0 Å². The highest BCUT2D eigenvalue weighted by Crippen LogP contribution is 2.14. The average molecular weight is 251 g/mol. The maximum atomic E-state index is 12.1. The summed E-state index contributed by atoms with van der Waals surface area (Å²) in [6.07, 6.45) is 7.88. The molecule has 0 atom stereocenters. The molecule has 1 aromatic heterocycles. The summed E-state index contributed by atoms with van der Waals surface area (Å²) in [7, 11) is 0. The minimum absolute atomic E-state index is 0.348. The molecule has 2 rings (SSSR count). The molecular weight excluding hydrogens is 230 g/mol. The summed E-state index contributed by atoms with van der Waals surface area (Å²) in [6, 6.07) is 4.17. The summed E-state index contributed by atoms with van der Waals surface area (Å²) in [4.78, 5) is 15.5. The highest BCUT2D eigenvalue weighted by molar-refractivity contribution is 7.09. The first-order valence-electron chi connectivity index (χ1n) is 6.66. The molecule has 94 valence electrons. The number of carbonyl (C=O) groups excluding carboxylic acids is 1. The van der Waals surface area contributed by atoms with Crippen LogP contribution in [0.15, 0.2) is 17.5 Å². The molecule has 1 amide bonds. The van der Waals surface area contributed by atoms with Crippen LogP contribution in [0.5, 0.6) is 0 Å². The zero-order valence-corrected chi connectivity index (χ0v) is 11.2. The number of nitrogens with zero attached hydrogens (tertiary/aromatic N) is 1. The first-order chi connectivity index (χ1) is 8.36. The van der Waals surface area contributed by atoms with Gasteiger partial charge in [0, 0.05) is 24.4 Å². The largest absolute Gasteiger partial charge is 0.343 e. The molecule has 1 aromatic rings. The standard InChI is InChI=1S/C14H21NOS/c16-14(9-8-13-7-6-12-17-13)15-10-4-2-1-3-5-11-15/h6-7,12H,1-5,8-11H2. The number of carbonyl (C=O) groups is 1. The smallest absolute Gasteiger partial charge is 0.222 e. The Kier molecular flexibility index (Phi) is 5.05. The Morgan fingerprint density at radius 2 is 1.88 bits per heavy atom. The Morgan fingerprint density at radius 1 is 1.18 bits per heavy atom. The van der Waals surface area contributed by atoms with Crippen molar-refractivity contribution in [1.29, 1.82) is 0 Å². The third kappa shape index (κ3) is 4.15. The van der Waals surface area contributed by atoms with Crippen molar-refractivity contribution in [1.82, 2.24) is 4.90 Å². The van der Waals surface area contributed by atoms with Gasteiger partial charge in [-0.3, -0.25) is 4.79 Å². The quantitative estimate of drug-likeness (QED) is 0.805. The van der Waals surface area contributed by atoms with Gasteiger partial charge in [-0.25, -0.2) is 0 Å². The summed E-state index contributed by atoms with van der Waals surface area (Å²) in [6.45, 7) is 1.95. The number of hydrogen-bond acceptors (Lipinski definition) is 2. The van der Waals surface area contributed by atoms with Crippen molar-refractivity contribution >= 4 is 17.2 Å². The lowest BCUT2D eigenvalue weighted by atomic mass is 10.1. The Labute approximate surface area is 108 Å². The summed E-state index contributed by atoms with van der Waals surface area (Å²) < 4.78 is 0. The van der Waals surface area contributed by atoms with E-state index in [0.717, 1.165) is 19.5 Å². The maximum Gasteiger partial charge on any atom is 0.222 e. The van der Waals surface area contributed by atoms with E-state index in [-0.39, 0.29) is 0 Å². The summed E-state index contributed by atoms with van der Waals surface area (Å²) in [5, 5.41) is 2.08. The predicted molar refractivity (Wildman–Crippen MR) is 72.3 cm³/mol. The molecule has 2 heterocycles. The van der Waals surface area contributed by atoms with Gasteiger partial charge in [-0.05, 0) is 30.7 Å². The van der Waals surface area contributed by atoms with Gasteiger partial charge in [-0.1, -0.05) is 25.3 Å². The monoisotopic (exact) mass is 251 g/mol. The first-order valence-corrected chi connectivity index (χ1v) is 7.54. The van der Waals surface area contributed by atoms with E-state index in [2.05, 4.69) is 22.4 Å². The number of aryl methyl sites for hydroxylation is 1. The SMILES string of the molecule is O=C(CCc1cccs1)N1CCCCCCC1. The second-order valence-corrected chi connectivity index (χ2v) is 5.76. The molecule has 17 heavy (non-hydrogen) atoms. The van der Waals surface area contributed by atoms with Crippen LogP contribution in [0.25, 0.3) is 0 Å². The van der Waals surface area contributed by atoms with Gasteiger partial charge in [0.2, 0.25) is 5.91 Å². The van der Waals surface area contributed by atoms with E-state index in [4.69, 9.17) is 0 Å². The topological polar surface area (TPSA) is 20.3 Å². The zero-order chi connectivity index (χ0) is 11.9. The van der Waals surface area contributed by atoms with E-state index in [9.17, 15) is 4.79 Å². The van der Waals surface area contributed by atoms with Crippen LogP contribution in [0.2, 0.25) is 0 Å². The Balaban J connectivity index is 1.77. The van der Waals surface area contributed by atoms with Gasteiger partial charge in [0.1, 0.15) is 0 Å². The van der Waals surface area contributed by atoms with Gasteiger partial charge in [0.15, 0.2) is 0 Å². The molecule has 2 nitrogen and oxygen atoms in total. The van der Waals surface area contributed by atoms with Crippen LogP contribution in [0.3, 0.4) is 0 Å². The van der Waals surface area contributed by atoms with Gasteiger partial charge in [0.25, 0.3) is 0 Å². The van der Waals surface area contributed by atoms with Crippen LogP contribution >= 0.6 is 11.3 Å². The molecule has 0 aliphatic carbocycles. The Bertz CT molecular complexity index is 326. The van der Waals surface area contributed by atoms with Gasteiger partial charge in [-0.15, -0.1) is 11.3 Å². The van der Waals surface area contributed by atoms with Crippen molar-refractivity contribution in [2.75, 3.05) is 13.1 Å². The Morgan fingerprint density at radius 3 is 2.53 bits per heavy atom. The number of rotatable bonds is 3. The second-order valence-electron chi connectivity index (χ2n) is 4.73. The molecule has 1 aliphatic heterocycles. The molecule has 0 bridgehead atoms. The van der Waals surface area contributed by atoms with Crippen molar-refractivity contribution in [2.24, 2.45) is 0 Å². The normalized spacial score (nSPS) is 17.5. The van der Waals surface area contributed by atoms with Crippen LogP contribution in [-0.4, -0.2) is 23.9 Å². The average Bonchev–Trinajstić information content (AvgIpc) is 2.78. The van der Waals surface area contributed by atoms with Crippen LogP contribution in [0.1, 0.15) is 43.4 Å². The molecule has 0 saturated carbocycles. The fourth-order valence-electron chi connectivity index (χ4n) is 2.34. The lowest BCUT2D eigenvalue weighted by molar-refractivity contribution is -0.131. The van der Waals surface area contributed by atoms with Crippen molar-refractivity contribution in [3.05, 3.63) is 22.4 Å². The molecule has 0 aromatic carbocycles. The molecule has 0 radical (unpaired) electrons. The highest BCUT2D eigenvalue weighted by atomic mass is 32.1. The summed E-state index contributed by atoms with van der Waals surface area (Å²) in [5.74, 6) is 0.348. The molecular formula is C14H21NOS. The van der Waals surface area contributed by atoms with Crippen LogP contribution < -0.4 is 0 Å². The maximum absolute atomic E-state index is 12.1. The molecule has 0 unspecified atom stereocenters. The lowest BCUT2D eigenvalue weighted by Gasteiger charge is -2.24. The van der Waals surface area contributed by atoms with Gasteiger partial charge in [-0.2, -0.15) is 0 Å². The molecule has 3 heteroatoms. The second kappa shape index (κ2) is 6.80. The van der Waals surface area contributed by atoms with Crippen LogP contribution in [-0.2, 0) is 11.2 Å². The number of hydrogen-bond donors (Lipinski definition) is 0. The highest BCUT2D eigenvalue weighted by Gasteiger charge is 2.14. The van der Waals surface area contributed by atoms with E-state index in [0.29, 0.717) is 12.3 Å². The fraction of sp³-hybridized carbons (Fsp3) is 0.643. The van der Waals surface area contributed by atoms with Gasteiger partial charge in [0.05, 0.1) is 0 Å². The molecule has 0 N–H and O–H groups in total. The molecule has 1 saturated heterocycles. The summed E-state index contributed by atoms with van der Waals surface area (Å²) in [5.41, 5.74) is 0. The predicted octanol–water partition coefficient (Wildman–Crippen LogP) is 3.47. The zero-order valence-electron chi connectivity index (χ0n) is 10.4. The van der Waals surface area contributed by atoms with Crippen LogP contribution in [0.4, 0.5) is 0 Å². The van der Waals surface area contributed by atoms with E-state index in [1.165, 1.54) is 37.0 Å². The molecule has 1 aliphatic rings. The number of likely N-dealkylation sites (tertiary alicyclic amines) is 1.